The SMILES string of the molecule is CN(C)c1ccc2c(c1)[Si](C)(C)c1cc(N(C)C)ccc1C21OC(=O)c2ccc(C(=O)NCCOCCOCCCCO)cc21. The van der Waals surface area contributed by atoms with Gasteiger partial charge in [0.2, 0.25) is 0 Å². The number of unbranched alkanes of at least 4 members (excludes halogenated alkanes) is 1. The summed E-state index contributed by atoms with van der Waals surface area (Å²) < 4.78 is 17.6. The van der Waals surface area contributed by atoms with Crippen molar-refractivity contribution in [1.82, 2.24) is 5.32 Å². The Hall–Kier alpha value is -3.70. The second-order valence-corrected chi connectivity index (χ2v) is 16.9. The molecule has 0 saturated carbocycles. The van der Waals surface area contributed by atoms with Crippen molar-refractivity contribution in [3.8, 4) is 0 Å². The van der Waals surface area contributed by atoms with Crippen molar-refractivity contribution >= 4 is 41.7 Å². The third kappa shape index (κ3) is 6.12. The van der Waals surface area contributed by atoms with Crippen LogP contribution in [0.4, 0.5) is 11.4 Å². The molecule has 0 aliphatic carbocycles. The fourth-order valence-corrected chi connectivity index (χ4v) is 9.51. The molecule has 45 heavy (non-hydrogen) atoms. The molecule has 0 saturated heterocycles. The van der Waals surface area contributed by atoms with Crippen LogP contribution in [-0.4, -0.2) is 92.8 Å². The second kappa shape index (κ2) is 13.3. The maximum absolute atomic E-state index is 13.6. The third-order valence-corrected chi connectivity index (χ3v) is 12.4. The van der Waals surface area contributed by atoms with Crippen molar-refractivity contribution in [2.45, 2.75) is 31.5 Å². The quantitative estimate of drug-likeness (QED) is 0.169. The Bertz CT molecular complexity index is 1510. The van der Waals surface area contributed by atoms with E-state index in [0.717, 1.165) is 35.3 Å². The van der Waals surface area contributed by atoms with Crippen LogP contribution in [0.2, 0.25) is 13.1 Å². The number of amides is 1. The average molecular weight is 632 g/mol. The van der Waals surface area contributed by atoms with Crippen molar-refractivity contribution in [2.24, 2.45) is 0 Å². The van der Waals surface area contributed by atoms with Crippen LogP contribution in [0.5, 0.6) is 0 Å². The van der Waals surface area contributed by atoms with Gasteiger partial charge in [0.25, 0.3) is 5.91 Å². The summed E-state index contributed by atoms with van der Waals surface area (Å²) in [7, 11) is 5.87. The van der Waals surface area contributed by atoms with E-state index in [9.17, 15) is 9.59 Å². The van der Waals surface area contributed by atoms with E-state index < -0.39 is 19.6 Å². The molecule has 0 aromatic heterocycles. The van der Waals surface area contributed by atoms with Gasteiger partial charge in [-0.3, -0.25) is 4.79 Å². The molecule has 10 heteroatoms. The minimum Gasteiger partial charge on any atom is -0.441 e. The zero-order valence-corrected chi connectivity index (χ0v) is 28.2. The van der Waals surface area contributed by atoms with Crippen molar-refractivity contribution < 1.29 is 28.9 Å². The highest BCUT2D eigenvalue weighted by atomic mass is 28.3. The van der Waals surface area contributed by atoms with Gasteiger partial charge in [-0.15, -0.1) is 0 Å². The molecule has 1 spiro atoms. The van der Waals surface area contributed by atoms with Crippen LogP contribution in [0.1, 0.15) is 50.2 Å². The zero-order chi connectivity index (χ0) is 32.4. The van der Waals surface area contributed by atoms with E-state index in [4.69, 9.17) is 19.3 Å². The predicted octanol–water partition coefficient (Wildman–Crippen LogP) is 2.95. The number of benzene rings is 3. The first-order chi connectivity index (χ1) is 21.5. The van der Waals surface area contributed by atoms with Gasteiger partial charge in [0.15, 0.2) is 5.60 Å². The molecule has 3 aromatic carbocycles. The van der Waals surface area contributed by atoms with Crippen LogP contribution < -0.4 is 25.5 Å². The summed E-state index contributed by atoms with van der Waals surface area (Å²) >= 11 is 0. The first kappa shape index (κ1) is 32.7. The van der Waals surface area contributed by atoms with Gasteiger partial charge in [0.1, 0.15) is 8.07 Å². The topological polar surface area (TPSA) is 101 Å². The number of nitrogens with one attached hydrogen (secondary N) is 1. The van der Waals surface area contributed by atoms with Crippen molar-refractivity contribution in [1.29, 1.82) is 0 Å². The molecule has 9 nitrogen and oxygen atoms in total. The Morgan fingerprint density at radius 1 is 0.822 bits per heavy atom. The zero-order valence-electron chi connectivity index (χ0n) is 27.2. The number of ether oxygens (including phenoxy) is 3. The molecule has 5 rings (SSSR count). The number of aliphatic hydroxyl groups excluding tert-OH is 1. The molecule has 240 valence electrons. The third-order valence-electron chi connectivity index (χ3n) is 8.87. The molecule has 2 aliphatic heterocycles. The van der Waals surface area contributed by atoms with Gasteiger partial charge in [-0.2, -0.15) is 0 Å². The molecule has 0 radical (unpaired) electrons. The van der Waals surface area contributed by atoms with E-state index in [1.54, 1.807) is 12.1 Å². The van der Waals surface area contributed by atoms with Crippen molar-refractivity contribution in [3.05, 3.63) is 82.4 Å². The highest BCUT2D eigenvalue weighted by Gasteiger charge is 2.56. The first-order valence-corrected chi connectivity index (χ1v) is 18.6. The summed E-state index contributed by atoms with van der Waals surface area (Å²) in [6, 6.07) is 18.1. The molecule has 3 aromatic rings. The number of carbonyl (C=O) groups excluding carboxylic acids is 2. The lowest BCUT2D eigenvalue weighted by molar-refractivity contribution is 0.0255. The van der Waals surface area contributed by atoms with Crippen LogP contribution in [-0.2, 0) is 19.8 Å². The Kier molecular flexibility index (Phi) is 9.69. The molecule has 0 atom stereocenters. The number of hydrogen-bond acceptors (Lipinski definition) is 8. The van der Waals surface area contributed by atoms with Gasteiger partial charge in [0, 0.05) is 81.6 Å². The normalized spacial score (nSPS) is 15.2. The predicted molar refractivity (Wildman–Crippen MR) is 180 cm³/mol. The highest BCUT2D eigenvalue weighted by molar-refractivity contribution is 7.01. The molecular formula is C35H45N3O6Si. The Morgan fingerprint density at radius 2 is 1.42 bits per heavy atom. The minimum absolute atomic E-state index is 0.170. The van der Waals surface area contributed by atoms with E-state index in [1.165, 1.54) is 10.4 Å². The van der Waals surface area contributed by atoms with Crippen LogP contribution in [0.25, 0.3) is 0 Å². The first-order valence-electron chi connectivity index (χ1n) is 15.6. The molecule has 1 amide bonds. The summed E-state index contributed by atoms with van der Waals surface area (Å²) in [5, 5.41) is 14.2. The van der Waals surface area contributed by atoms with Gasteiger partial charge < -0.3 is 34.4 Å². The summed E-state index contributed by atoms with van der Waals surface area (Å²) in [6.45, 7) is 7.05. The van der Waals surface area contributed by atoms with Crippen LogP contribution in [0.15, 0.2) is 54.6 Å². The highest BCUT2D eigenvalue weighted by Crippen LogP contribution is 2.49. The fourth-order valence-electron chi connectivity index (χ4n) is 6.34. The van der Waals surface area contributed by atoms with Crippen LogP contribution in [0, 0.1) is 0 Å². The minimum atomic E-state index is -2.26. The van der Waals surface area contributed by atoms with Gasteiger partial charge in [-0.05, 0) is 65.7 Å². The molecule has 0 unspecified atom stereocenters. The summed E-state index contributed by atoms with van der Waals surface area (Å²) in [6.07, 6.45) is 1.54. The lowest BCUT2D eigenvalue weighted by atomic mass is 9.78. The molecular weight excluding hydrogens is 586 g/mol. The van der Waals surface area contributed by atoms with Gasteiger partial charge in [0.05, 0.1) is 25.4 Å². The van der Waals surface area contributed by atoms with E-state index in [2.05, 4.69) is 64.6 Å². The van der Waals surface area contributed by atoms with Gasteiger partial charge in [-0.25, -0.2) is 4.79 Å². The van der Waals surface area contributed by atoms with Crippen molar-refractivity contribution in [3.63, 3.8) is 0 Å². The number of anilines is 2. The largest absolute Gasteiger partial charge is 0.441 e. The maximum Gasteiger partial charge on any atom is 0.340 e. The summed E-state index contributed by atoms with van der Waals surface area (Å²) in [4.78, 5) is 31.1. The number of fused-ring (bicyclic) bond motifs is 6. The Morgan fingerprint density at radius 3 is 2.00 bits per heavy atom. The lowest BCUT2D eigenvalue weighted by Crippen LogP contribution is -2.63. The monoisotopic (exact) mass is 631 g/mol. The average Bonchev–Trinajstić information content (AvgIpc) is 3.32. The van der Waals surface area contributed by atoms with E-state index in [-0.39, 0.29) is 12.5 Å². The fraction of sp³-hybridized carbons (Fsp3) is 0.429. The summed E-state index contributed by atoms with van der Waals surface area (Å²) in [5.41, 5.74) is 4.56. The Labute approximate surface area is 267 Å². The molecule has 2 heterocycles. The Balaban J connectivity index is 1.46. The van der Waals surface area contributed by atoms with Crippen LogP contribution >= 0.6 is 0 Å². The van der Waals surface area contributed by atoms with Crippen LogP contribution in [0.3, 0.4) is 0 Å². The van der Waals surface area contributed by atoms with E-state index >= 15 is 0 Å². The number of hydrogen-bond donors (Lipinski definition) is 2. The van der Waals surface area contributed by atoms with Gasteiger partial charge in [-0.1, -0.05) is 25.2 Å². The van der Waals surface area contributed by atoms with Crippen molar-refractivity contribution in [2.75, 3.05) is 77.6 Å². The lowest BCUT2D eigenvalue weighted by Gasteiger charge is -2.44. The second-order valence-electron chi connectivity index (χ2n) is 12.6. The van der Waals surface area contributed by atoms with E-state index in [0.29, 0.717) is 49.7 Å². The number of carbonyl (C=O) groups is 2. The molecule has 2 N–H and O–H groups in total. The van der Waals surface area contributed by atoms with E-state index in [1.807, 2.05) is 34.3 Å². The number of esters is 1. The number of nitrogens with zero attached hydrogens (tertiary/aromatic N) is 2. The smallest absolute Gasteiger partial charge is 0.340 e. The standard InChI is InChI=1S/C35H45N3O6Si/c1-37(2)25-10-13-28-31(22-25)45(5,6)32-23-26(38(3)4)11-14-29(32)35(28)30-21-24(9-12-27(30)34(41)44-35)33(40)36-15-18-43-20-19-42-17-8-7-16-39/h9-14,21-23,39H,7-8,15-20H2,1-6H3,(H,36,40). The maximum atomic E-state index is 13.6. The summed E-state index contributed by atoms with van der Waals surface area (Å²) in [5.74, 6) is -0.636. The number of rotatable bonds is 13. The molecule has 2 aliphatic rings. The molecule has 0 fully saturated rings. The van der Waals surface area contributed by atoms with Gasteiger partial charge >= 0.3 is 5.97 Å². The molecule has 0 bridgehead atoms. The number of aliphatic hydroxyl groups is 1.